The van der Waals surface area contributed by atoms with Crippen LogP contribution in [-0.4, -0.2) is 42.0 Å². The van der Waals surface area contributed by atoms with Crippen molar-refractivity contribution in [3.05, 3.63) is 64.6 Å². The highest BCUT2D eigenvalue weighted by atomic mass is 79.9. The minimum Gasteiger partial charge on any atom is -0.378 e. The number of hydrogen-bond acceptors (Lipinski definition) is 6. The summed E-state index contributed by atoms with van der Waals surface area (Å²) in [5, 5.41) is 13.5. The van der Waals surface area contributed by atoms with Gasteiger partial charge < -0.3 is 15.5 Å². The molecule has 0 radical (unpaired) electrons. The molecule has 1 fully saturated rings. The first-order valence-electron chi connectivity index (χ1n) is 9.91. The molecule has 0 spiro atoms. The first kappa shape index (κ1) is 23.7. The Labute approximate surface area is 200 Å². The zero-order valence-corrected chi connectivity index (χ0v) is 20.4. The van der Waals surface area contributed by atoms with Crippen LogP contribution in [0.5, 0.6) is 0 Å². The van der Waals surface area contributed by atoms with E-state index in [0.29, 0.717) is 16.6 Å². The molecule has 0 bridgehead atoms. The first-order valence-corrected chi connectivity index (χ1v) is 11.6. The molecule has 0 aliphatic carbocycles. The minimum absolute atomic E-state index is 0.0809. The Hall–Kier alpha value is -2.91. The third-order valence-electron chi connectivity index (χ3n) is 4.50. The van der Waals surface area contributed by atoms with E-state index in [2.05, 4.69) is 36.8 Å². The van der Waals surface area contributed by atoms with Crippen molar-refractivity contribution in [3.63, 3.8) is 0 Å². The molecule has 3 rings (SSSR count). The summed E-state index contributed by atoms with van der Waals surface area (Å²) in [4.78, 5) is 26.7. The Balaban J connectivity index is 1.62. The van der Waals surface area contributed by atoms with Crippen LogP contribution in [-0.2, 0) is 9.59 Å². The van der Waals surface area contributed by atoms with Gasteiger partial charge in [-0.05, 0) is 55.0 Å². The molecule has 0 aromatic heterocycles. The van der Waals surface area contributed by atoms with Crippen molar-refractivity contribution in [2.24, 2.45) is 10.2 Å². The molecule has 2 aromatic carbocycles. The molecular weight excluding hydrogens is 490 g/mol. The lowest BCUT2D eigenvalue weighted by Gasteiger charge is -2.21. The molecule has 7 nitrogen and oxygen atoms in total. The number of benzene rings is 2. The summed E-state index contributed by atoms with van der Waals surface area (Å²) in [6.45, 7) is 1.82. The van der Waals surface area contributed by atoms with Gasteiger partial charge in [0.25, 0.3) is 0 Å². The van der Waals surface area contributed by atoms with E-state index in [1.807, 2.05) is 74.5 Å². The van der Waals surface area contributed by atoms with Gasteiger partial charge in [0.05, 0.1) is 5.71 Å². The van der Waals surface area contributed by atoms with E-state index in [0.717, 1.165) is 15.7 Å². The third kappa shape index (κ3) is 7.06. The quantitative estimate of drug-likeness (QED) is 0.439. The van der Waals surface area contributed by atoms with Crippen LogP contribution in [0, 0.1) is 0 Å². The first-order chi connectivity index (χ1) is 15.3. The second-order valence-corrected chi connectivity index (χ2v) is 9.43. The van der Waals surface area contributed by atoms with E-state index in [9.17, 15) is 9.59 Å². The number of amides is 2. The molecule has 32 heavy (non-hydrogen) atoms. The molecule has 1 aliphatic heterocycles. The summed E-state index contributed by atoms with van der Waals surface area (Å²) in [6, 6.07) is 15.4. The zero-order valence-electron chi connectivity index (χ0n) is 18.0. The van der Waals surface area contributed by atoms with Crippen LogP contribution in [0.3, 0.4) is 0 Å². The molecule has 0 saturated carbocycles. The van der Waals surface area contributed by atoms with Gasteiger partial charge >= 0.3 is 0 Å². The van der Waals surface area contributed by atoms with E-state index >= 15 is 0 Å². The zero-order chi connectivity index (χ0) is 23.1. The third-order valence-corrected chi connectivity index (χ3v) is 6.10. The number of rotatable bonds is 6. The number of nitrogens with one attached hydrogen (secondary N) is 2. The van der Waals surface area contributed by atoms with E-state index in [-0.39, 0.29) is 18.2 Å². The van der Waals surface area contributed by atoms with Crippen LogP contribution in [0.25, 0.3) is 6.08 Å². The average molecular weight is 514 g/mol. The van der Waals surface area contributed by atoms with Gasteiger partial charge in [-0.25, -0.2) is 0 Å². The molecule has 1 atom stereocenters. The highest BCUT2D eigenvalue weighted by Crippen LogP contribution is 2.23. The number of allylic oxidation sites excluding steroid dienone is 1. The van der Waals surface area contributed by atoms with E-state index in [1.165, 1.54) is 11.8 Å². The molecule has 1 saturated heterocycles. The Kier molecular flexibility index (Phi) is 8.24. The number of amidine groups is 1. The van der Waals surface area contributed by atoms with Crippen molar-refractivity contribution >= 4 is 67.8 Å². The van der Waals surface area contributed by atoms with Crippen molar-refractivity contribution in [1.29, 1.82) is 0 Å². The van der Waals surface area contributed by atoms with Crippen LogP contribution in [0.15, 0.2) is 69.3 Å². The van der Waals surface area contributed by atoms with E-state index in [1.54, 1.807) is 12.1 Å². The summed E-state index contributed by atoms with van der Waals surface area (Å²) >= 11 is 4.55. The Morgan fingerprint density at radius 1 is 1.19 bits per heavy atom. The maximum atomic E-state index is 12.6. The fourth-order valence-corrected chi connectivity index (χ4v) is 3.95. The number of carbonyl (C=O) groups is 2. The standard InChI is InChI=1S/C23H24BrN5O2S/c1-15(4-5-16-6-12-19(13-7-16)29(2)3)27-28-23-26-21(30)14-20(32-23)22(31)25-18-10-8-17(24)9-11-18/h4-13,20H,14H2,1-3H3,(H,25,31)(H,26,28,30)/b5-4+,27-15-/t20-/m1/s1. The summed E-state index contributed by atoms with van der Waals surface area (Å²) in [5.74, 6) is -0.510. The smallest absolute Gasteiger partial charge is 0.238 e. The number of halogens is 1. The topological polar surface area (TPSA) is 86.2 Å². The fourth-order valence-electron chi connectivity index (χ4n) is 2.75. The number of nitrogens with zero attached hydrogens (tertiary/aromatic N) is 3. The molecule has 0 unspecified atom stereocenters. The van der Waals surface area contributed by atoms with Crippen molar-refractivity contribution in [1.82, 2.24) is 5.32 Å². The highest BCUT2D eigenvalue weighted by Gasteiger charge is 2.30. The van der Waals surface area contributed by atoms with Crippen LogP contribution in [0.2, 0.25) is 0 Å². The molecule has 166 valence electrons. The fraction of sp³-hybridized carbons (Fsp3) is 0.217. The predicted octanol–water partition coefficient (Wildman–Crippen LogP) is 4.52. The van der Waals surface area contributed by atoms with Gasteiger partial charge in [-0.2, -0.15) is 5.10 Å². The summed E-state index contributed by atoms with van der Waals surface area (Å²) in [7, 11) is 4.00. The normalized spacial score (nSPS) is 18.0. The number of carbonyl (C=O) groups excluding carboxylic acids is 2. The Morgan fingerprint density at radius 2 is 1.88 bits per heavy atom. The van der Waals surface area contributed by atoms with Gasteiger partial charge in [0.2, 0.25) is 11.8 Å². The summed E-state index contributed by atoms with van der Waals surface area (Å²) in [6.07, 6.45) is 3.87. The van der Waals surface area contributed by atoms with E-state index in [4.69, 9.17) is 0 Å². The second-order valence-electron chi connectivity index (χ2n) is 7.32. The lowest BCUT2D eigenvalue weighted by atomic mass is 10.2. The summed E-state index contributed by atoms with van der Waals surface area (Å²) < 4.78 is 0.921. The molecule has 1 heterocycles. The second kappa shape index (κ2) is 11.1. The lowest BCUT2D eigenvalue weighted by Crippen LogP contribution is -2.41. The largest absolute Gasteiger partial charge is 0.378 e. The number of anilines is 2. The van der Waals surface area contributed by atoms with Crippen molar-refractivity contribution < 1.29 is 9.59 Å². The van der Waals surface area contributed by atoms with Crippen molar-refractivity contribution in [2.45, 2.75) is 18.6 Å². The van der Waals surface area contributed by atoms with Gasteiger partial charge in [0.15, 0.2) is 5.17 Å². The van der Waals surface area contributed by atoms with Gasteiger partial charge in [0.1, 0.15) is 5.25 Å². The lowest BCUT2D eigenvalue weighted by molar-refractivity contribution is -0.123. The van der Waals surface area contributed by atoms with Crippen LogP contribution in [0.1, 0.15) is 18.9 Å². The number of thioether (sulfide) groups is 1. The maximum absolute atomic E-state index is 12.6. The Morgan fingerprint density at radius 3 is 2.53 bits per heavy atom. The minimum atomic E-state index is -0.576. The number of hydrogen-bond donors (Lipinski definition) is 2. The van der Waals surface area contributed by atoms with Gasteiger partial charge in [-0.1, -0.05) is 45.9 Å². The summed E-state index contributed by atoms with van der Waals surface area (Å²) in [5.41, 5.74) is 3.51. The average Bonchev–Trinajstić information content (AvgIpc) is 2.77. The molecule has 2 amide bonds. The molecule has 1 aliphatic rings. The highest BCUT2D eigenvalue weighted by molar-refractivity contribution is 9.10. The van der Waals surface area contributed by atoms with Gasteiger partial charge in [-0.15, -0.1) is 5.10 Å². The molecule has 2 N–H and O–H groups in total. The molecule has 2 aromatic rings. The monoisotopic (exact) mass is 513 g/mol. The predicted molar refractivity (Wildman–Crippen MR) is 137 cm³/mol. The Bertz CT molecular complexity index is 1060. The molecule has 9 heteroatoms. The van der Waals surface area contributed by atoms with Crippen molar-refractivity contribution in [2.75, 3.05) is 24.3 Å². The molecular formula is C23H24BrN5O2S. The maximum Gasteiger partial charge on any atom is 0.238 e. The van der Waals surface area contributed by atoms with Crippen LogP contribution >= 0.6 is 27.7 Å². The van der Waals surface area contributed by atoms with E-state index < -0.39 is 5.25 Å². The van der Waals surface area contributed by atoms with Gasteiger partial charge in [-0.3, -0.25) is 9.59 Å². The SMILES string of the molecule is CC(/C=C/c1ccc(N(C)C)cc1)=N/N=C1/NC(=O)C[C@H](C(=O)Nc2ccc(Br)cc2)S1. The van der Waals surface area contributed by atoms with Crippen molar-refractivity contribution in [3.8, 4) is 0 Å². The van der Waals surface area contributed by atoms with Crippen LogP contribution < -0.4 is 15.5 Å². The van der Waals surface area contributed by atoms with Crippen LogP contribution in [0.4, 0.5) is 11.4 Å². The van der Waals surface area contributed by atoms with Gasteiger partial charge in [0, 0.05) is 36.4 Å².